The van der Waals surface area contributed by atoms with Crippen molar-refractivity contribution in [1.29, 1.82) is 0 Å². The number of hydrogen-bond donors (Lipinski definition) is 1. The lowest BCUT2D eigenvalue weighted by Crippen LogP contribution is -2.22. The number of rotatable bonds is 5. The number of fused-ring (bicyclic) bond motifs is 1. The van der Waals surface area contributed by atoms with Crippen LogP contribution in [0.5, 0.6) is 11.5 Å². The third-order valence-corrected chi connectivity index (χ3v) is 5.70. The van der Waals surface area contributed by atoms with Crippen molar-refractivity contribution < 1.29 is 14.3 Å². The minimum atomic E-state index is -0.382. The van der Waals surface area contributed by atoms with Gasteiger partial charge in [0, 0.05) is 24.4 Å². The normalized spacial score (nSPS) is 13.4. The summed E-state index contributed by atoms with van der Waals surface area (Å²) in [6, 6.07) is 12.7. The van der Waals surface area contributed by atoms with E-state index in [1.54, 1.807) is 24.3 Å². The summed E-state index contributed by atoms with van der Waals surface area (Å²) in [6.45, 7) is 2.01. The van der Waals surface area contributed by atoms with E-state index in [1.807, 2.05) is 36.7 Å². The van der Waals surface area contributed by atoms with Crippen LogP contribution < -0.4 is 14.8 Å². The summed E-state index contributed by atoms with van der Waals surface area (Å²) in [5.41, 5.74) is 1.44. The van der Waals surface area contributed by atoms with Gasteiger partial charge in [-0.25, -0.2) is 0 Å². The molecular weight excluding hydrogens is 400 g/mol. The van der Waals surface area contributed by atoms with Crippen LogP contribution in [0.2, 0.25) is 5.02 Å². The number of nitrogens with one attached hydrogen (secondary N) is 1. The molecule has 0 aliphatic carbocycles. The van der Waals surface area contributed by atoms with E-state index in [-0.39, 0.29) is 18.0 Å². The van der Waals surface area contributed by atoms with E-state index in [0.29, 0.717) is 33.2 Å². The van der Waals surface area contributed by atoms with Gasteiger partial charge < -0.3 is 19.4 Å². The number of anilines is 1. The van der Waals surface area contributed by atoms with Crippen molar-refractivity contribution in [3.63, 3.8) is 0 Å². The third-order valence-electron chi connectivity index (χ3n) is 4.24. The standard InChI is InChI=1S/C19H17ClN4O3S/c1-11(18(25)21-12-7-8-15-16(9-12)27-10-26-15)28-19-23-22-17(24(19)2)13-5-3-4-6-14(13)20/h3-9,11H,10H2,1-2H3,(H,21,25)/t11-/m1/s1. The van der Waals surface area contributed by atoms with Crippen LogP contribution in [-0.2, 0) is 11.8 Å². The Kier molecular flexibility index (Phi) is 5.15. The summed E-state index contributed by atoms with van der Waals surface area (Å²) < 4.78 is 12.4. The van der Waals surface area contributed by atoms with Gasteiger partial charge in [0.25, 0.3) is 0 Å². The van der Waals surface area contributed by atoms with Crippen LogP contribution in [0.4, 0.5) is 5.69 Å². The summed E-state index contributed by atoms with van der Waals surface area (Å²) in [6.07, 6.45) is 0. The summed E-state index contributed by atoms with van der Waals surface area (Å²) >= 11 is 7.58. The first-order valence-electron chi connectivity index (χ1n) is 8.54. The van der Waals surface area contributed by atoms with Gasteiger partial charge in [0.15, 0.2) is 22.5 Å². The maximum atomic E-state index is 12.6. The fourth-order valence-corrected chi connectivity index (χ4v) is 3.76. The summed E-state index contributed by atoms with van der Waals surface area (Å²) in [5.74, 6) is 1.80. The lowest BCUT2D eigenvalue weighted by Gasteiger charge is -2.12. The molecule has 2 aromatic carbocycles. The summed E-state index contributed by atoms with van der Waals surface area (Å²) in [5, 5.41) is 12.2. The number of hydrogen-bond acceptors (Lipinski definition) is 6. The Hall–Kier alpha value is -2.71. The zero-order valence-electron chi connectivity index (χ0n) is 15.2. The second-order valence-corrected chi connectivity index (χ2v) is 7.88. The molecule has 9 heteroatoms. The fourth-order valence-electron chi connectivity index (χ4n) is 2.72. The van der Waals surface area contributed by atoms with Crippen LogP contribution in [0.1, 0.15) is 6.92 Å². The van der Waals surface area contributed by atoms with Gasteiger partial charge in [-0.05, 0) is 31.2 Å². The molecule has 0 saturated heterocycles. The zero-order chi connectivity index (χ0) is 19.7. The van der Waals surface area contributed by atoms with Gasteiger partial charge >= 0.3 is 0 Å². The Balaban J connectivity index is 1.46. The molecule has 144 valence electrons. The molecule has 0 spiro atoms. The average Bonchev–Trinajstić information content (AvgIpc) is 3.29. The van der Waals surface area contributed by atoms with Gasteiger partial charge in [-0.2, -0.15) is 0 Å². The van der Waals surface area contributed by atoms with E-state index >= 15 is 0 Å². The van der Waals surface area contributed by atoms with E-state index in [9.17, 15) is 4.79 Å². The maximum Gasteiger partial charge on any atom is 0.237 e. The smallest absolute Gasteiger partial charge is 0.237 e. The van der Waals surface area contributed by atoms with Crippen molar-refractivity contribution in [2.24, 2.45) is 7.05 Å². The predicted octanol–water partition coefficient (Wildman–Crippen LogP) is 3.98. The van der Waals surface area contributed by atoms with E-state index in [0.717, 1.165) is 5.56 Å². The number of nitrogens with zero attached hydrogens (tertiary/aromatic N) is 3. The lowest BCUT2D eigenvalue weighted by molar-refractivity contribution is -0.115. The highest BCUT2D eigenvalue weighted by Crippen LogP contribution is 2.35. The topological polar surface area (TPSA) is 78.3 Å². The third kappa shape index (κ3) is 3.65. The highest BCUT2D eigenvalue weighted by Gasteiger charge is 2.21. The first kappa shape index (κ1) is 18.6. The molecule has 7 nitrogen and oxygen atoms in total. The first-order valence-corrected chi connectivity index (χ1v) is 9.80. The summed E-state index contributed by atoms with van der Waals surface area (Å²) in [7, 11) is 1.85. The number of amides is 1. The molecule has 0 fully saturated rings. The Morgan fingerprint density at radius 3 is 2.82 bits per heavy atom. The molecule has 2 heterocycles. The van der Waals surface area contributed by atoms with Crippen molar-refractivity contribution in [3.05, 3.63) is 47.5 Å². The Morgan fingerprint density at radius 1 is 1.21 bits per heavy atom. The second kappa shape index (κ2) is 7.73. The Labute approximate surface area is 171 Å². The maximum absolute atomic E-state index is 12.6. The van der Waals surface area contributed by atoms with E-state index in [4.69, 9.17) is 21.1 Å². The largest absolute Gasteiger partial charge is 0.454 e. The van der Waals surface area contributed by atoms with Crippen LogP contribution in [-0.4, -0.2) is 32.7 Å². The van der Waals surface area contributed by atoms with Gasteiger partial charge in [-0.3, -0.25) is 4.79 Å². The molecular formula is C19H17ClN4O3S. The molecule has 1 amide bonds. The highest BCUT2D eigenvalue weighted by atomic mass is 35.5. The number of halogens is 1. The van der Waals surface area contributed by atoms with E-state index in [1.165, 1.54) is 11.8 Å². The molecule has 3 aromatic rings. The molecule has 0 bridgehead atoms. The fraction of sp³-hybridized carbons (Fsp3) is 0.211. The van der Waals surface area contributed by atoms with Gasteiger partial charge in [-0.1, -0.05) is 35.5 Å². The Bertz CT molecular complexity index is 1040. The van der Waals surface area contributed by atoms with Crippen molar-refractivity contribution >= 4 is 35.0 Å². The molecule has 1 aliphatic heterocycles. The number of thioether (sulfide) groups is 1. The number of carbonyl (C=O) groups excluding carboxylic acids is 1. The van der Waals surface area contributed by atoms with Crippen LogP contribution in [0.15, 0.2) is 47.6 Å². The molecule has 0 saturated carbocycles. The van der Waals surface area contributed by atoms with E-state index < -0.39 is 0 Å². The van der Waals surface area contributed by atoms with Crippen LogP contribution in [0.3, 0.4) is 0 Å². The number of benzene rings is 2. The van der Waals surface area contributed by atoms with Gasteiger partial charge in [0.05, 0.1) is 10.3 Å². The molecule has 1 aliphatic rings. The molecule has 1 N–H and O–H groups in total. The minimum Gasteiger partial charge on any atom is -0.454 e. The quantitative estimate of drug-likeness (QED) is 0.634. The second-order valence-electron chi connectivity index (χ2n) is 6.16. The van der Waals surface area contributed by atoms with Crippen molar-refractivity contribution in [3.8, 4) is 22.9 Å². The SMILES string of the molecule is C[C@@H](Sc1nnc(-c2ccccc2Cl)n1C)C(=O)Nc1ccc2c(c1)OCO2. The molecule has 28 heavy (non-hydrogen) atoms. The van der Waals surface area contributed by atoms with Gasteiger partial charge in [0.2, 0.25) is 12.7 Å². The predicted molar refractivity (Wildman–Crippen MR) is 108 cm³/mol. The van der Waals surface area contributed by atoms with Crippen molar-refractivity contribution in [2.75, 3.05) is 12.1 Å². The van der Waals surface area contributed by atoms with E-state index in [2.05, 4.69) is 15.5 Å². The zero-order valence-corrected chi connectivity index (χ0v) is 16.8. The molecule has 1 aromatic heterocycles. The number of carbonyl (C=O) groups is 1. The van der Waals surface area contributed by atoms with Crippen molar-refractivity contribution in [1.82, 2.24) is 14.8 Å². The number of ether oxygens (including phenoxy) is 2. The first-order chi connectivity index (χ1) is 13.5. The average molecular weight is 417 g/mol. The van der Waals surface area contributed by atoms with Crippen LogP contribution in [0.25, 0.3) is 11.4 Å². The van der Waals surface area contributed by atoms with Gasteiger partial charge in [0.1, 0.15) is 0 Å². The lowest BCUT2D eigenvalue weighted by atomic mass is 10.2. The molecule has 0 unspecified atom stereocenters. The summed E-state index contributed by atoms with van der Waals surface area (Å²) in [4.78, 5) is 12.6. The van der Waals surface area contributed by atoms with Crippen LogP contribution >= 0.6 is 23.4 Å². The minimum absolute atomic E-state index is 0.147. The van der Waals surface area contributed by atoms with Crippen LogP contribution in [0, 0.1) is 0 Å². The Morgan fingerprint density at radius 2 is 2.00 bits per heavy atom. The molecule has 1 atom stereocenters. The monoisotopic (exact) mass is 416 g/mol. The van der Waals surface area contributed by atoms with Gasteiger partial charge in [-0.15, -0.1) is 10.2 Å². The molecule has 0 radical (unpaired) electrons. The highest BCUT2D eigenvalue weighted by molar-refractivity contribution is 8.00. The number of aromatic nitrogens is 3. The van der Waals surface area contributed by atoms with Crippen molar-refractivity contribution in [2.45, 2.75) is 17.3 Å². The molecule has 4 rings (SSSR count).